The van der Waals surface area contributed by atoms with Crippen LogP contribution in [-0.2, 0) is 9.53 Å². The molecule has 0 bridgehead atoms. The molecule has 0 spiro atoms. The molecule has 1 heterocycles. The first-order chi connectivity index (χ1) is 10.5. The monoisotopic (exact) mass is 346 g/mol. The van der Waals surface area contributed by atoms with Crippen molar-refractivity contribution in [2.45, 2.75) is 24.5 Å². The van der Waals surface area contributed by atoms with Crippen molar-refractivity contribution >= 4 is 29.1 Å². The topological polar surface area (TPSA) is 70.6 Å². The molecule has 1 aromatic rings. The van der Waals surface area contributed by atoms with E-state index in [-0.39, 0.29) is 12.5 Å². The Balaban J connectivity index is 1.97. The maximum Gasteiger partial charge on any atom is 0.252 e. The van der Waals surface area contributed by atoms with Crippen LogP contribution in [0.25, 0.3) is 0 Å². The Morgan fingerprint density at radius 3 is 2.50 bits per heavy atom. The van der Waals surface area contributed by atoms with Crippen LogP contribution in [0.4, 0.5) is 0 Å². The first-order valence-corrected chi connectivity index (χ1v) is 7.91. The van der Waals surface area contributed by atoms with Crippen molar-refractivity contribution in [2.75, 3.05) is 26.7 Å². The van der Waals surface area contributed by atoms with Gasteiger partial charge < -0.3 is 20.5 Å². The number of aliphatic hydroxyl groups is 1. The molecule has 7 heteroatoms. The molecule has 1 atom stereocenters. The molecule has 1 fully saturated rings. The van der Waals surface area contributed by atoms with E-state index in [1.165, 1.54) is 7.11 Å². The molecular weight excluding hydrogens is 327 g/mol. The van der Waals surface area contributed by atoms with Gasteiger partial charge in [-0.2, -0.15) is 0 Å². The first-order valence-electron chi connectivity index (χ1n) is 7.15. The van der Waals surface area contributed by atoms with Crippen LogP contribution in [0.5, 0.6) is 0 Å². The Morgan fingerprint density at radius 1 is 1.36 bits per heavy atom. The zero-order chi connectivity index (χ0) is 16.2. The van der Waals surface area contributed by atoms with Crippen LogP contribution in [0, 0.1) is 0 Å². The van der Waals surface area contributed by atoms with Crippen molar-refractivity contribution in [1.82, 2.24) is 10.6 Å². The van der Waals surface area contributed by atoms with Crippen LogP contribution in [0.1, 0.15) is 24.5 Å². The summed E-state index contributed by atoms with van der Waals surface area (Å²) < 4.78 is 5.44. The summed E-state index contributed by atoms with van der Waals surface area (Å²) in [5, 5.41) is 17.0. The largest absolute Gasteiger partial charge is 0.387 e. The molecule has 3 N–H and O–H groups in total. The Bertz CT molecular complexity index is 513. The molecule has 1 aliphatic rings. The molecular formula is C15H20Cl2N2O3. The number of carbonyl (C=O) groups excluding carboxylic acids is 1. The number of ether oxygens (including phenoxy) is 1. The van der Waals surface area contributed by atoms with E-state index in [1.807, 2.05) is 0 Å². The van der Waals surface area contributed by atoms with Gasteiger partial charge in [0, 0.05) is 23.7 Å². The number of aliphatic hydroxyl groups excluding tert-OH is 1. The molecule has 1 saturated heterocycles. The van der Waals surface area contributed by atoms with Crippen LogP contribution in [0.3, 0.4) is 0 Å². The van der Waals surface area contributed by atoms with E-state index in [4.69, 9.17) is 27.9 Å². The third kappa shape index (κ3) is 4.12. The number of hydrogen-bond acceptors (Lipinski definition) is 4. The average molecular weight is 347 g/mol. The molecule has 1 aliphatic heterocycles. The molecule has 22 heavy (non-hydrogen) atoms. The van der Waals surface area contributed by atoms with Crippen molar-refractivity contribution < 1.29 is 14.6 Å². The second kappa shape index (κ2) is 7.62. The normalized spacial score (nSPS) is 18.7. The van der Waals surface area contributed by atoms with Crippen molar-refractivity contribution in [3.8, 4) is 0 Å². The summed E-state index contributed by atoms with van der Waals surface area (Å²) in [5.41, 5.74) is -0.258. The molecule has 5 nitrogen and oxygen atoms in total. The Morgan fingerprint density at radius 2 is 1.95 bits per heavy atom. The Kier molecular flexibility index (Phi) is 6.06. The summed E-state index contributed by atoms with van der Waals surface area (Å²) in [6, 6.07) is 4.84. The van der Waals surface area contributed by atoms with Gasteiger partial charge in [-0.1, -0.05) is 23.2 Å². The van der Waals surface area contributed by atoms with E-state index in [1.54, 1.807) is 18.2 Å². The third-order valence-corrected chi connectivity index (χ3v) is 4.38. The lowest BCUT2D eigenvalue weighted by Crippen LogP contribution is -2.54. The van der Waals surface area contributed by atoms with E-state index >= 15 is 0 Å². The number of nitrogens with one attached hydrogen (secondary N) is 2. The Hall–Kier alpha value is -0.850. The summed E-state index contributed by atoms with van der Waals surface area (Å²) in [6.07, 6.45) is 0.332. The van der Waals surface area contributed by atoms with Crippen LogP contribution >= 0.6 is 23.2 Å². The van der Waals surface area contributed by atoms with Crippen molar-refractivity contribution in [3.63, 3.8) is 0 Å². The second-order valence-corrected chi connectivity index (χ2v) is 6.25. The summed E-state index contributed by atoms with van der Waals surface area (Å²) in [5.74, 6) is -0.205. The number of hydrogen-bond donors (Lipinski definition) is 3. The Labute approximate surface area is 139 Å². The number of piperidine rings is 1. The van der Waals surface area contributed by atoms with Gasteiger partial charge in [0.25, 0.3) is 5.91 Å². The van der Waals surface area contributed by atoms with Gasteiger partial charge in [0.15, 0.2) is 0 Å². The van der Waals surface area contributed by atoms with Crippen molar-refractivity contribution in [3.05, 3.63) is 33.8 Å². The highest BCUT2D eigenvalue weighted by Crippen LogP contribution is 2.25. The maximum absolute atomic E-state index is 12.4. The third-order valence-electron chi connectivity index (χ3n) is 3.94. The molecule has 0 aromatic heterocycles. The highest BCUT2D eigenvalue weighted by atomic mass is 35.5. The summed E-state index contributed by atoms with van der Waals surface area (Å²) >= 11 is 11.8. The fourth-order valence-corrected chi connectivity index (χ4v) is 3.13. The minimum absolute atomic E-state index is 0.0774. The first kappa shape index (κ1) is 17.5. The van der Waals surface area contributed by atoms with Gasteiger partial charge in [-0.3, -0.25) is 4.79 Å². The summed E-state index contributed by atoms with van der Waals surface area (Å²) in [7, 11) is 1.54. The minimum atomic E-state index is -0.879. The quantitative estimate of drug-likeness (QED) is 0.761. The molecule has 0 saturated carbocycles. The van der Waals surface area contributed by atoms with Gasteiger partial charge in [-0.15, -0.1) is 0 Å². The van der Waals surface area contributed by atoms with Gasteiger partial charge >= 0.3 is 0 Å². The van der Waals surface area contributed by atoms with E-state index in [2.05, 4.69) is 10.6 Å². The lowest BCUT2D eigenvalue weighted by atomic mass is 9.91. The lowest BCUT2D eigenvalue weighted by molar-refractivity contribution is -0.147. The zero-order valence-corrected chi connectivity index (χ0v) is 13.9. The fraction of sp³-hybridized carbons (Fsp3) is 0.533. The summed E-state index contributed by atoms with van der Waals surface area (Å²) in [6.45, 7) is 1.54. The van der Waals surface area contributed by atoms with Crippen LogP contribution < -0.4 is 10.6 Å². The second-order valence-electron chi connectivity index (χ2n) is 5.38. The molecule has 1 amide bonds. The number of amides is 1. The molecule has 0 radical (unpaired) electrons. The highest BCUT2D eigenvalue weighted by molar-refractivity contribution is 6.34. The summed E-state index contributed by atoms with van der Waals surface area (Å²) in [4.78, 5) is 12.4. The standard InChI is InChI=1S/C15H20Cl2N2O3/c1-22-15(2-4-18-5-3-15)14(21)19-9-13(20)10-6-11(16)8-12(17)7-10/h6-8,13,18,20H,2-5,9H2,1H3,(H,19,21). The molecule has 1 unspecified atom stereocenters. The number of methoxy groups -OCH3 is 1. The fourth-order valence-electron chi connectivity index (χ4n) is 2.59. The van der Waals surface area contributed by atoms with E-state index in [0.29, 0.717) is 28.5 Å². The lowest BCUT2D eigenvalue weighted by Gasteiger charge is -2.35. The molecule has 122 valence electrons. The number of carbonyl (C=O) groups is 1. The van der Waals surface area contributed by atoms with Crippen LogP contribution in [0.2, 0.25) is 10.0 Å². The van der Waals surface area contributed by atoms with Crippen LogP contribution in [-0.4, -0.2) is 43.4 Å². The molecule has 1 aromatic carbocycles. The zero-order valence-electron chi connectivity index (χ0n) is 12.4. The molecule has 2 rings (SSSR count). The highest BCUT2D eigenvalue weighted by Gasteiger charge is 2.39. The SMILES string of the molecule is COC1(C(=O)NCC(O)c2cc(Cl)cc(Cl)c2)CCNCC1. The maximum atomic E-state index is 12.4. The van der Waals surface area contributed by atoms with Crippen molar-refractivity contribution in [2.24, 2.45) is 0 Å². The average Bonchev–Trinajstić information content (AvgIpc) is 2.51. The van der Waals surface area contributed by atoms with Crippen molar-refractivity contribution in [1.29, 1.82) is 0 Å². The van der Waals surface area contributed by atoms with E-state index < -0.39 is 11.7 Å². The smallest absolute Gasteiger partial charge is 0.252 e. The van der Waals surface area contributed by atoms with E-state index in [0.717, 1.165) is 13.1 Å². The van der Waals surface area contributed by atoms with Gasteiger partial charge in [-0.05, 0) is 49.7 Å². The van der Waals surface area contributed by atoms with Gasteiger partial charge in [0.1, 0.15) is 5.60 Å². The van der Waals surface area contributed by atoms with Crippen LogP contribution in [0.15, 0.2) is 18.2 Å². The minimum Gasteiger partial charge on any atom is -0.387 e. The number of halogens is 2. The predicted octanol–water partition coefficient (Wildman–Crippen LogP) is 1.91. The van der Waals surface area contributed by atoms with Gasteiger partial charge in [0.2, 0.25) is 0 Å². The number of rotatable bonds is 5. The predicted molar refractivity (Wildman–Crippen MR) is 86.3 cm³/mol. The van der Waals surface area contributed by atoms with E-state index in [9.17, 15) is 9.90 Å². The number of benzene rings is 1. The van der Waals surface area contributed by atoms with Gasteiger partial charge in [0.05, 0.1) is 6.10 Å². The molecule has 0 aliphatic carbocycles. The van der Waals surface area contributed by atoms with Gasteiger partial charge in [-0.25, -0.2) is 0 Å².